The third kappa shape index (κ3) is 3.54. The van der Waals surface area contributed by atoms with Crippen LogP contribution in [0.4, 0.5) is 13.2 Å². The van der Waals surface area contributed by atoms with Crippen LogP contribution in [0.1, 0.15) is 40.2 Å². The molecule has 130 valence electrons. The van der Waals surface area contributed by atoms with E-state index < -0.39 is 17.8 Å². The highest BCUT2D eigenvalue weighted by Gasteiger charge is 2.33. The van der Waals surface area contributed by atoms with Crippen molar-refractivity contribution < 1.29 is 27.4 Å². The lowest BCUT2D eigenvalue weighted by atomic mass is 10.1. The Morgan fingerprint density at radius 1 is 1.42 bits per heavy atom. The first-order valence-electron chi connectivity index (χ1n) is 7.62. The molecular formula is C16H16F3NO3S. The van der Waals surface area contributed by atoms with E-state index in [1.54, 1.807) is 6.92 Å². The van der Waals surface area contributed by atoms with Crippen LogP contribution >= 0.6 is 11.3 Å². The predicted octanol–water partition coefficient (Wildman–Crippen LogP) is 4.35. The minimum absolute atomic E-state index is 0.104. The number of hydrogen-bond acceptors (Lipinski definition) is 5. The van der Waals surface area contributed by atoms with Crippen molar-refractivity contribution in [1.29, 1.82) is 0 Å². The molecular weight excluding hydrogens is 343 g/mol. The highest BCUT2D eigenvalue weighted by Crippen LogP contribution is 2.34. The molecule has 8 heteroatoms. The quantitative estimate of drug-likeness (QED) is 0.765. The highest BCUT2D eigenvalue weighted by molar-refractivity contribution is 7.20. The van der Waals surface area contributed by atoms with Crippen LogP contribution in [0.2, 0.25) is 0 Å². The summed E-state index contributed by atoms with van der Waals surface area (Å²) in [6, 6.07) is 2.27. The summed E-state index contributed by atoms with van der Waals surface area (Å²) >= 11 is 0.922. The molecule has 0 radical (unpaired) electrons. The largest absolute Gasteiger partial charge is 0.459 e. The molecule has 0 bridgehead atoms. The van der Waals surface area contributed by atoms with E-state index in [0.29, 0.717) is 17.6 Å². The molecule has 0 saturated carbocycles. The number of esters is 1. The molecule has 1 atom stereocenters. The molecule has 24 heavy (non-hydrogen) atoms. The van der Waals surface area contributed by atoms with E-state index >= 15 is 0 Å². The Morgan fingerprint density at radius 3 is 2.88 bits per heavy atom. The van der Waals surface area contributed by atoms with Gasteiger partial charge in [0.05, 0.1) is 6.10 Å². The van der Waals surface area contributed by atoms with Crippen LogP contribution in [0.15, 0.2) is 12.1 Å². The Kier molecular flexibility index (Phi) is 4.78. The maximum Gasteiger partial charge on any atom is 0.433 e. The van der Waals surface area contributed by atoms with E-state index in [0.717, 1.165) is 36.7 Å². The SMILES string of the molecule is Cc1c(C(=O)OCC2CCCCO2)sc2nc(C(F)(F)F)ccc12. The molecule has 2 aromatic heterocycles. The zero-order valence-corrected chi connectivity index (χ0v) is 13.8. The van der Waals surface area contributed by atoms with E-state index in [1.807, 2.05) is 0 Å². The van der Waals surface area contributed by atoms with Gasteiger partial charge in [0.15, 0.2) is 0 Å². The number of fused-ring (bicyclic) bond motifs is 1. The van der Waals surface area contributed by atoms with Crippen molar-refractivity contribution in [2.24, 2.45) is 0 Å². The van der Waals surface area contributed by atoms with Gasteiger partial charge in [0.2, 0.25) is 0 Å². The third-order valence-corrected chi connectivity index (χ3v) is 5.14. The summed E-state index contributed by atoms with van der Waals surface area (Å²) in [5.41, 5.74) is -0.377. The first-order valence-corrected chi connectivity index (χ1v) is 8.44. The predicted molar refractivity (Wildman–Crippen MR) is 83.2 cm³/mol. The van der Waals surface area contributed by atoms with Crippen molar-refractivity contribution >= 4 is 27.5 Å². The molecule has 1 aliphatic rings. The number of alkyl halides is 3. The minimum atomic E-state index is -4.51. The van der Waals surface area contributed by atoms with Gasteiger partial charge in [0.1, 0.15) is 22.0 Å². The second-order valence-electron chi connectivity index (χ2n) is 5.69. The van der Waals surface area contributed by atoms with Gasteiger partial charge in [-0.25, -0.2) is 9.78 Å². The van der Waals surface area contributed by atoms with Crippen LogP contribution in [-0.2, 0) is 15.7 Å². The molecule has 1 saturated heterocycles. The molecule has 0 aliphatic carbocycles. The van der Waals surface area contributed by atoms with Crippen LogP contribution in [-0.4, -0.2) is 30.3 Å². The number of nitrogens with zero attached hydrogens (tertiary/aromatic N) is 1. The van der Waals surface area contributed by atoms with E-state index in [1.165, 1.54) is 6.07 Å². The molecule has 4 nitrogen and oxygen atoms in total. The zero-order valence-electron chi connectivity index (χ0n) is 13.0. The van der Waals surface area contributed by atoms with Crippen LogP contribution < -0.4 is 0 Å². The molecule has 1 unspecified atom stereocenters. The van der Waals surface area contributed by atoms with Gasteiger partial charge in [-0.05, 0) is 43.9 Å². The Labute approximate surface area is 140 Å². The lowest BCUT2D eigenvalue weighted by Crippen LogP contribution is -2.25. The topological polar surface area (TPSA) is 48.4 Å². The fourth-order valence-electron chi connectivity index (χ4n) is 2.62. The molecule has 0 N–H and O–H groups in total. The van der Waals surface area contributed by atoms with E-state index in [4.69, 9.17) is 9.47 Å². The Balaban J connectivity index is 1.78. The fraction of sp³-hybridized carbons (Fsp3) is 0.500. The van der Waals surface area contributed by atoms with Crippen LogP contribution in [0.5, 0.6) is 0 Å². The van der Waals surface area contributed by atoms with Crippen molar-refractivity contribution in [1.82, 2.24) is 4.98 Å². The average molecular weight is 359 g/mol. The number of carbonyl (C=O) groups excluding carboxylic acids is 1. The van der Waals surface area contributed by atoms with Crippen molar-refractivity contribution in [2.45, 2.75) is 38.5 Å². The number of pyridine rings is 1. The average Bonchev–Trinajstić information content (AvgIpc) is 2.89. The van der Waals surface area contributed by atoms with Gasteiger partial charge < -0.3 is 9.47 Å². The van der Waals surface area contributed by atoms with Crippen molar-refractivity contribution in [2.75, 3.05) is 13.2 Å². The first-order chi connectivity index (χ1) is 11.4. The number of halogens is 3. The number of ether oxygens (including phenoxy) is 2. The van der Waals surface area contributed by atoms with Crippen LogP contribution in [0.25, 0.3) is 10.2 Å². The van der Waals surface area contributed by atoms with Gasteiger partial charge in [0.25, 0.3) is 0 Å². The standard InChI is InChI=1S/C16H16F3NO3S/c1-9-11-5-6-12(16(17,18)19)20-14(11)24-13(9)15(21)23-8-10-4-2-3-7-22-10/h5-6,10H,2-4,7-8H2,1H3. The summed E-state index contributed by atoms with van der Waals surface area (Å²) in [4.78, 5) is 16.3. The van der Waals surface area contributed by atoms with Crippen molar-refractivity contribution in [3.63, 3.8) is 0 Å². The van der Waals surface area contributed by atoms with Gasteiger partial charge >= 0.3 is 12.1 Å². The van der Waals surface area contributed by atoms with Crippen molar-refractivity contribution in [3.05, 3.63) is 28.3 Å². The van der Waals surface area contributed by atoms with Crippen LogP contribution in [0.3, 0.4) is 0 Å². The molecule has 1 fully saturated rings. The van der Waals surface area contributed by atoms with Gasteiger partial charge in [-0.3, -0.25) is 0 Å². The van der Waals surface area contributed by atoms with Crippen LogP contribution in [0, 0.1) is 6.92 Å². The summed E-state index contributed by atoms with van der Waals surface area (Å²) in [5.74, 6) is -0.543. The zero-order chi connectivity index (χ0) is 17.3. The Hall–Kier alpha value is -1.67. The lowest BCUT2D eigenvalue weighted by Gasteiger charge is -2.21. The van der Waals surface area contributed by atoms with Gasteiger partial charge in [-0.1, -0.05) is 0 Å². The number of aryl methyl sites for hydroxylation is 1. The van der Waals surface area contributed by atoms with Gasteiger partial charge in [0, 0.05) is 12.0 Å². The normalized spacial score (nSPS) is 18.8. The smallest absolute Gasteiger partial charge is 0.433 e. The second kappa shape index (κ2) is 6.68. The third-order valence-electron chi connectivity index (χ3n) is 3.95. The summed E-state index contributed by atoms with van der Waals surface area (Å²) in [5, 5.41) is 0.536. The van der Waals surface area contributed by atoms with Gasteiger partial charge in [-0.15, -0.1) is 11.3 Å². The summed E-state index contributed by atoms with van der Waals surface area (Å²) in [6.45, 7) is 2.50. The summed E-state index contributed by atoms with van der Waals surface area (Å²) in [7, 11) is 0. The molecule has 0 spiro atoms. The number of thiophene rings is 1. The number of hydrogen-bond donors (Lipinski definition) is 0. The molecule has 3 rings (SSSR count). The van der Waals surface area contributed by atoms with Gasteiger partial charge in [-0.2, -0.15) is 13.2 Å². The highest BCUT2D eigenvalue weighted by atomic mass is 32.1. The molecule has 0 aromatic carbocycles. The Morgan fingerprint density at radius 2 is 2.21 bits per heavy atom. The number of aromatic nitrogens is 1. The molecule has 2 aromatic rings. The molecule has 0 amide bonds. The maximum atomic E-state index is 12.7. The van der Waals surface area contributed by atoms with E-state index in [-0.39, 0.29) is 22.4 Å². The first kappa shape index (κ1) is 17.2. The maximum absolute atomic E-state index is 12.7. The monoisotopic (exact) mass is 359 g/mol. The molecule has 3 heterocycles. The Bertz CT molecular complexity index is 751. The number of rotatable bonds is 3. The lowest BCUT2D eigenvalue weighted by molar-refractivity contribution is -0.140. The summed E-state index contributed by atoms with van der Waals surface area (Å²) in [6.07, 6.45) is -1.73. The fourth-order valence-corrected chi connectivity index (χ4v) is 3.70. The number of carbonyl (C=O) groups is 1. The van der Waals surface area contributed by atoms with E-state index in [2.05, 4.69) is 4.98 Å². The minimum Gasteiger partial charge on any atom is -0.459 e. The molecule has 1 aliphatic heterocycles. The second-order valence-corrected chi connectivity index (χ2v) is 6.69. The van der Waals surface area contributed by atoms with E-state index in [9.17, 15) is 18.0 Å². The summed E-state index contributed by atoms with van der Waals surface area (Å²) < 4.78 is 49.0. The van der Waals surface area contributed by atoms with Crippen molar-refractivity contribution in [3.8, 4) is 0 Å².